The molecule has 0 aromatic carbocycles. The lowest BCUT2D eigenvalue weighted by molar-refractivity contribution is 0.157. The highest BCUT2D eigenvalue weighted by atomic mass is 15.0. The molecular weight excluding hydrogens is 194 g/mol. The van der Waals surface area contributed by atoms with Crippen LogP contribution in [-0.4, -0.2) is 12.6 Å². The monoisotopic (exact) mass is 225 g/mol. The highest BCUT2D eigenvalue weighted by molar-refractivity contribution is 4.95. The molecule has 96 valence electrons. The van der Waals surface area contributed by atoms with Gasteiger partial charge < -0.3 is 5.32 Å². The van der Waals surface area contributed by atoms with Gasteiger partial charge in [0.2, 0.25) is 0 Å². The number of hydrogen-bond acceptors (Lipinski definition) is 1. The molecule has 0 aromatic rings. The molecule has 0 radical (unpaired) electrons. The minimum atomic E-state index is 0.537. The summed E-state index contributed by atoms with van der Waals surface area (Å²) in [7, 11) is 2.11. The van der Waals surface area contributed by atoms with Gasteiger partial charge in [0.1, 0.15) is 0 Å². The maximum atomic E-state index is 3.48. The van der Waals surface area contributed by atoms with Crippen molar-refractivity contribution in [2.45, 2.75) is 65.3 Å². The fourth-order valence-corrected chi connectivity index (χ4v) is 1.97. The van der Waals surface area contributed by atoms with Crippen LogP contribution in [0.15, 0.2) is 18.9 Å². The zero-order valence-electron chi connectivity index (χ0n) is 12.0. The minimum absolute atomic E-state index is 0.537. The third-order valence-corrected chi connectivity index (χ3v) is 3.28. The Morgan fingerprint density at radius 1 is 1.31 bits per heavy atom. The van der Waals surface area contributed by atoms with Crippen LogP contribution in [0.25, 0.3) is 0 Å². The van der Waals surface area contributed by atoms with E-state index in [2.05, 4.69) is 45.1 Å². The molecule has 0 bridgehead atoms. The molecule has 0 spiro atoms. The van der Waals surface area contributed by atoms with Crippen molar-refractivity contribution in [1.29, 1.82) is 0 Å². The molecule has 1 fully saturated rings. The van der Waals surface area contributed by atoms with Crippen LogP contribution in [0.3, 0.4) is 0 Å². The van der Waals surface area contributed by atoms with E-state index in [1.165, 1.54) is 32.1 Å². The lowest BCUT2D eigenvalue weighted by atomic mass is 9.71. The molecule has 0 aromatic heterocycles. The van der Waals surface area contributed by atoms with E-state index in [1.54, 1.807) is 0 Å². The van der Waals surface area contributed by atoms with Crippen molar-refractivity contribution in [3.8, 4) is 0 Å². The Kier molecular flexibility index (Phi) is 12.3. The summed E-state index contributed by atoms with van der Waals surface area (Å²) in [5.41, 5.74) is 2.79. The molecule has 1 saturated carbocycles. The quantitative estimate of drug-likeness (QED) is 0.692. The summed E-state index contributed by atoms with van der Waals surface area (Å²) >= 11 is 0. The van der Waals surface area contributed by atoms with Gasteiger partial charge in [0.25, 0.3) is 0 Å². The Morgan fingerprint density at radius 3 is 1.94 bits per heavy atom. The van der Waals surface area contributed by atoms with Gasteiger partial charge in [0.15, 0.2) is 0 Å². The van der Waals surface area contributed by atoms with E-state index in [-0.39, 0.29) is 0 Å². The van der Waals surface area contributed by atoms with Crippen molar-refractivity contribution in [1.82, 2.24) is 5.32 Å². The number of hydrogen-bond donors (Lipinski definition) is 1. The van der Waals surface area contributed by atoms with E-state index >= 15 is 0 Å². The summed E-state index contributed by atoms with van der Waals surface area (Å²) in [6.07, 6.45) is 6.92. The van der Waals surface area contributed by atoms with Crippen LogP contribution in [0.2, 0.25) is 0 Å². The maximum Gasteiger partial charge on any atom is 0.0181 e. The predicted octanol–water partition coefficient (Wildman–Crippen LogP) is 4.55. The highest BCUT2D eigenvalue weighted by Gasteiger charge is 2.35. The van der Waals surface area contributed by atoms with Crippen molar-refractivity contribution in [2.24, 2.45) is 5.92 Å². The van der Waals surface area contributed by atoms with Gasteiger partial charge >= 0.3 is 0 Å². The first-order valence-corrected chi connectivity index (χ1v) is 6.62. The van der Waals surface area contributed by atoms with Crippen LogP contribution in [0, 0.1) is 5.92 Å². The molecule has 16 heavy (non-hydrogen) atoms. The molecule has 1 aliphatic carbocycles. The molecule has 0 saturated heterocycles. The van der Waals surface area contributed by atoms with Crippen molar-refractivity contribution < 1.29 is 0 Å². The Bertz CT molecular complexity index is 168. The first-order chi connectivity index (χ1) is 7.64. The van der Waals surface area contributed by atoms with E-state index < -0.39 is 0 Å². The van der Waals surface area contributed by atoms with E-state index in [0.29, 0.717) is 5.54 Å². The molecule has 1 atom stereocenters. The van der Waals surface area contributed by atoms with Crippen molar-refractivity contribution in [3.63, 3.8) is 0 Å². The average Bonchev–Trinajstić information content (AvgIpc) is 2.27. The summed E-state index contributed by atoms with van der Waals surface area (Å²) in [5.74, 6) is 0.891. The topological polar surface area (TPSA) is 12.0 Å². The molecule has 0 aliphatic heterocycles. The van der Waals surface area contributed by atoms with Gasteiger partial charge in [-0.05, 0) is 38.6 Å². The van der Waals surface area contributed by atoms with Crippen molar-refractivity contribution in [3.05, 3.63) is 18.9 Å². The van der Waals surface area contributed by atoms with Crippen molar-refractivity contribution >= 4 is 0 Å². The highest BCUT2D eigenvalue weighted by Crippen LogP contribution is 2.37. The van der Waals surface area contributed by atoms with Crippen LogP contribution in [0.4, 0.5) is 0 Å². The van der Waals surface area contributed by atoms with Crippen LogP contribution in [-0.2, 0) is 0 Å². The second-order valence-electron chi connectivity index (χ2n) is 4.35. The first-order valence-electron chi connectivity index (χ1n) is 6.62. The Morgan fingerprint density at radius 2 is 1.75 bits per heavy atom. The van der Waals surface area contributed by atoms with Gasteiger partial charge in [-0.25, -0.2) is 0 Å². The van der Waals surface area contributed by atoms with Gasteiger partial charge in [0.05, 0.1) is 0 Å². The Balaban J connectivity index is 0. The summed E-state index contributed by atoms with van der Waals surface area (Å²) < 4.78 is 0. The smallest absolute Gasteiger partial charge is 0.0181 e. The van der Waals surface area contributed by atoms with Crippen LogP contribution < -0.4 is 5.32 Å². The zero-order chi connectivity index (χ0) is 13.0. The third kappa shape index (κ3) is 6.87. The first kappa shape index (κ1) is 17.9. The minimum Gasteiger partial charge on any atom is -0.314 e. The van der Waals surface area contributed by atoms with Gasteiger partial charge in [-0.1, -0.05) is 47.3 Å². The normalized spacial score (nSPS) is 17.6. The third-order valence-electron chi connectivity index (χ3n) is 3.28. The fraction of sp³-hybridized carbons (Fsp3) is 0.800. The molecule has 1 unspecified atom stereocenters. The maximum absolute atomic E-state index is 3.48. The second kappa shape index (κ2) is 11.0. The molecule has 1 N–H and O–H groups in total. The molecular formula is C15H31N. The van der Waals surface area contributed by atoms with Crippen molar-refractivity contribution in [2.75, 3.05) is 7.05 Å². The molecule has 1 heteroatoms. The number of rotatable bonds is 4. The van der Waals surface area contributed by atoms with Gasteiger partial charge in [0, 0.05) is 5.54 Å². The lowest BCUT2D eigenvalue weighted by Gasteiger charge is -2.43. The molecule has 0 heterocycles. The van der Waals surface area contributed by atoms with Gasteiger partial charge in [-0.15, -0.1) is 5.73 Å². The van der Waals surface area contributed by atoms with Gasteiger partial charge in [-0.3, -0.25) is 0 Å². The molecule has 1 nitrogen and oxygen atoms in total. The molecule has 0 amide bonds. The second-order valence-corrected chi connectivity index (χ2v) is 4.35. The lowest BCUT2D eigenvalue weighted by Crippen LogP contribution is -2.50. The van der Waals surface area contributed by atoms with Gasteiger partial charge in [-0.2, -0.15) is 0 Å². The van der Waals surface area contributed by atoms with E-state index in [9.17, 15) is 0 Å². The number of nitrogens with one attached hydrogen (secondary N) is 1. The van der Waals surface area contributed by atoms with E-state index in [1.807, 2.05) is 13.8 Å². The summed E-state index contributed by atoms with van der Waals surface area (Å²) in [6.45, 7) is 14.9. The molecule has 1 aliphatic rings. The molecule has 1 rings (SSSR count). The Hall–Kier alpha value is -0.520. The zero-order valence-corrected chi connectivity index (χ0v) is 12.0. The summed E-state index contributed by atoms with van der Waals surface area (Å²) in [6, 6.07) is 0. The standard InChI is InChI=1S/C10H21N.C3H4.C2H6/c1-4-9(2)8-10(11-3)6-5-7-10;1-3-2;1-2/h9,11H,4-8H2,1-3H3;1-2H2;1-2H3. The summed E-state index contributed by atoms with van der Waals surface area (Å²) in [4.78, 5) is 0. The average molecular weight is 225 g/mol. The van der Waals surface area contributed by atoms with Crippen LogP contribution in [0.1, 0.15) is 59.8 Å². The Labute approximate surface area is 103 Å². The summed E-state index contributed by atoms with van der Waals surface area (Å²) in [5, 5.41) is 3.48. The van der Waals surface area contributed by atoms with E-state index in [0.717, 1.165) is 5.92 Å². The van der Waals surface area contributed by atoms with Crippen LogP contribution in [0.5, 0.6) is 0 Å². The van der Waals surface area contributed by atoms with E-state index in [4.69, 9.17) is 0 Å². The fourth-order valence-electron chi connectivity index (χ4n) is 1.97. The SMILES string of the molecule is C=C=C.CC.CCC(C)CC1(NC)CCC1. The van der Waals surface area contributed by atoms with Crippen LogP contribution >= 0.6 is 0 Å². The predicted molar refractivity (Wildman–Crippen MR) is 75.8 cm³/mol. The largest absolute Gasteiger partial charge is 0.314 e.